The first-order chi connectivity index (χ1) is 29.5. The van der Waals surface area contributed by atoms with Crippen molar-refractivity contribution in [2.75, 3.05) is 49.1 Å². The number of alkyl halides is 3. The fourth-order valence-corrected chi connectivity index (χ4v) is 7.20. The zero-order valence-electron chi connectivity index (χ0n) is 35.2. The topological polar surface area (TPSA) is 155 Å². The van der Waals surface area contributed by atoms with E-state index in [0.717, 1.165) is 16.8 Å². The number of carbonyl (C=O) groups excluding carboxylic acids is 5. The molecule has 0 spiro atoms. The van der Waals surface area contributed by atoms with Crippen LogP contribution in [-0.2, 0) is 27.4 Å². The van der Waals surface area contributed by atoms with Gasteiger partial charge >= 0.3 is 24.1 Å². The van der Waals surface area contributed by atoms with Crippen LogP contribution in [0.3, 0.4) is 0 Å². The lowest BCUT2D eigenvalue weighted by Gasteiger charge is -2.38. The number of rotatable bonds is 11. The first kappa shape index (κ1) is 47.0. The number of nitrogens with two attached hydrogens (primary N) is 1. The highest BCUT2D eigenvalue weighted by Crippen LogP contribution is 2.24. The second-order valence-electron chi connectivity index (χ2n) is 15.4. The summed E-state index contributed by atoms with van der Waals surface area (Å²) in [7, 11) is 0. The molecule has 2 heterocycles. The molecule has 0 unspecified atom stereocenters. The smallest absolute Gasteiger partial charge is 0.372 e. The highest BCUT2D eigenvalue weighted by Gasteiger charge is 2.38. The predicted molar refractivity (Wildman–Crippen MR) is 229 cm³/mol. The van der Waals surface area contributed by atoms with Gasteiger partial charge in [-0.25, -0.2) is 9.59 Å². The van der Waals surface area contributed by atoms with Crippen molar-refractivity contribution < 1.29 is 46.6 Å². The van der Waals surface area contributed by atoms with Crippen molar-refractivity contribution in [3.05, 3.63) is 131 Å². The molecule has 2 saturated heterocycles. The minimum atomic E-state index is -5.05. The number of amides is 5. The lowest BCUT2D eigenvalue weighted by Crippen LogP contribution is -2.52. The van der Waals surface area contributed by atoms with Gasteiger partial charge in [0.25, 0.3) is 0 Å². The van der Waals surface area contributed by atoms with Gasteiger partial charge in [-0.2, -0.15) is 13.2 Å². The van der Waals surface area contributed by atoms with Crippen molar-refractivity contribution in [1.82, 2.24) is 15.1 Å². The molecule has 2 fully saturated rings. The minimum absolute atomic E-state index is 0.00637. The Hall–Kier alpha value is -6.10. The monoisotopic (exact) mass is 858 g/mol. The average Bonchev–Trinajstić information content (AvgIpc) is 3.26. The number of urea groups is 2. The molecule has 4 aromatic rings. The Morgan fingerprint density at radius 1 is 0.597 bits per heavy atom. The fraction of sp³-hybridized carbons (Fsp3) is 0.370. The van der Waals surface area contributed by atoms with E-state index in [2.05, 4.69) is 0 Å². The first-order valence-electron chi connectivity index (χ1n) is 20.4. The highest BCUT2D eigenvalue weighted by molar-refractivity contribution is 6.00. The summed E-state index contributed by atoms with van der Waals surface area (Å²) in [5, 5.41) is 1.57. The molecule has 0 bridgehead atoms. The fourth-order valence-electron chi connectivity index (χ4n) is 7.20. The number of anilines is 2. The number of hydrogen-bond acceptors (Lipinski definition) is 8. The quantitative estimate of drug-likeness (QED) is 0.155. The van der Waals surface area contributed by atoms with Crippen LogP contribution in [0.2, 0.25) is 0 Å². The molecule has 13 nitrogen and oxygen atoms in total. The van der Waals surface area contributed by atoms with E-state index in [0.29, 0.717) is 44.0 Å². The lowest BCUT2D eigenvalue weighted by atomic mass is 10.1. The van der Waals surface area contributed by atoms with E-state index < -0.39 is 24.4 Å². The third-order valence-electron chi connectivity index (χ3n) is 10.1. The summed E-state index contributed by atoms with van der Waals surface area (Å²) < 4.78 is 48.4. The SMILES string of the molecule is C[C@@H]1CN(C(=O)N(Cc2ccc(C(=O)CN)cc2)c2ccccc2)C[C@H](C)O1.C[C@@H]1CN(C(=O)N(Cc2ccc(C(=O)CNC(=O)C(F)(F)F)cc2)c2ccccc2)C[C@H](C)O1. The van der Waals surface area contributed by atoms with Gasteiger partial charge in [-0.05, 0) is 63.1 Å². The van der Waals surface area contributed by atoms with Crippen LogP contribution in [0.25, 0.3) is 0 Å². The van der Waals surface area contributed by atoms with Crippen molar-refractivity contribution in [3.8, 4) is 0 Å². The zero-order valence-corrected chi connectivity index (χ0v) is 35.2. The number of ketones is 2. The summed E-state index contributed by atoms with van der Waals surface area (Å²) in [6.45, 7) is 9.71. The number of para-hydroxylation sites is 2. The van der Waals surface area contributed by atoms with E-state index in [1.807, 2.05) is 105 Å². The normalized spacial score (nSPS) is 18.8. The van der Waals surface area contributed by atoms with Crippen LogP contribution in [0.4, 0.5) is 34.1 Å². The number of halogens is 3. The number of nitrogens with one attached hydrogen (secondary N) is 1. The van der Waals surface area contributed by atoms with Crippen molar-refractivity contribution in [1.29, 1.82) is 0 Å². The van der Waals surface area contributed by atoms with Crippen molar-refractivity contribution in [2.24, 2.45) is 5.73 Å². The number of ether oxygens (including phenoxy) is 2. The molecule has 16 heteroatoms. The molecular weight excluding hydrogens is 806 g/mol. The number of Topliss-reactive ketones (excluding diaryl/α,β-unsaturated/α-hetero) is 2. The maximum absolute atomic E-state index is 13.4. The zero-order chi connectivity index (χ0) is 45.0. The molecule has 2 aliphatic rings. The van der Waals surface area contributed by atoms with Gasteiger partial charge in [-0.1, -0.05) is 84.9 Å². The maximum atomic E-state index is 13.4. The van der Waals surface area contributed by atoms with E-state index in [4.69, 9.17) is 15.2 Å². The number of hydrogen-bond donors (Lipinski definition) is 2. The number of benzene rings is 4. The van der Waals surface area contributed by atoms with Crippen LogP contribution in [0.15, 0.2) is 109 Å². The molecule has 3 N–H and O–H groups in total. The van der Waals surface area contributed by atoms with E-state index in [1.54, 1.807) is 44.3 Å². The molecule has 0 radical (unpaired) electrons. The Labute approximate surface area is 359 Å². The van der Waals surface area contributed by atoms with Gasteiger partial charge in [0.15, 0.2) is 11.6 Å². The largest absolute Gasteiger partial charge is 0.471 e. The van der Waals surface area contributed by atoms with E-state index in [1.165, 1.54) is 12.1 Å². The highest BCUT2D eigenvalue weighted by atomic mass is 19.4. The van der Waals surface area contributed by atoms with Crippen molar-refractivity contribution in [3.63, 3.8) is 0 Å². The van der Waals surface area contributed by atoms with Crippen molar-refractivity contribution >= 4 is 40.9 Å². The molecule has 2 aliphatic heterocycles. The summed E-state index contributed by atoms with van der Waals surface area (Å²) in [4.78, 5) is 68.5. The second kappa shape index (κ2) is 21.6. The summed E-state index contributed by atoms with van der Waals surface area (Å²) >= 11 is 0. The van der Waals surface area contributed by atoms with Gasteiger partial charge < -0.3 is 30.3 Å². The van der Waals surface area contributed by atoms with Crippen LogP contribution in [0, 0.1) is 0 Å². The van der Waals surface area contributed by atoms with E-state index >= 15 is 0 Å². The molecule has 5 amide bonds. The summed E-state index contributed by atoms with van der Waals surface area (Å²) in [5.74, 6) is -2.92. The standard InChI is InChI=1S/C24H26F3N3O4.C22H27N3O3/c1-16-13-29(14-17(2)34-16)23(33)30(20-6-4-3-5-7-20)15-18-8-10-19(11-9-18)21(31)12-28-22(32)24(25,26)27;1-16-13-24(14-17(2)28-16)22(27)25(20-6-4-3-5-7-20)15-18-8-10-19(11-9-18)21(26)12-23/h3-11,16-17H,12-15H2,1-2H3,(H,28,32);3-11,16-17H,12-15,23H2,1-2H3/t2*16-,17+. The van der Waals surface area contributed by atoms with Crippen LogP contribution < -0.4 is 20.9 Å². The summed E-state index contributed by atoms with van der Waals surface area (Å²) in [6.07, 6.45) is -5.21. The Kier molecular flexibility index (Phi) is 16.4. The molecule has 0 saturated carbocycles. The van der Waals surface area contributed by atoms with Gasteiger partial charge in [0, 0.05) is 48.7 Å². The second-order valence-corrected chi connectivity index (χ2v) is 15.4. The lowest BCUT2D eigenvalue weighted by molar-refractivity contribution is -0.173. The molecule has 0 aliphatic carbocycles. The van der Waals surface area contributed by atoms with Crippen LogP contribution in [-0.4, -0.2) is 109 Å². The Morgan fingerprint density at radius 2 is 0.952 bits per heavy atom. The van der Waals surface area contributed by atoms with Crippen molar-refractivity contribution in [2.45, 2.75) is 71.4 Å². The minimum Gasteiger partial charge on any atom is -0.372 e. The first-order valence-corrected chi connectivity index (χ1v) is 20.4. The molecule has 62 heavy (non-hydrogen) atoms. The Balaban J connectivity index is 0.000000238. The van der Waals surface area contributed by atoms with E-state index in [-0.39, 0.29) is 60.9 Å². The van der Waals surface area contributed by atoms with Gasteiger partial charge in [0.1, 0.15) is 0 Å². The van der Waals surface area contributed by atoms with Gasteiger partial charge in [0.05, 0.1) is 50.6 Å². The van der Waals surface area contributed by atoms with Crippen LogP contribution >= 0.6 is 0 Å². The molecule has 6 rings (SSSR count). The Bertz CT molecular complexity index is 2110. The van der Waals surface area contributed by atoms with Crippen LogP contribution in [0.1, 0.15) is 59.5 Å². The molecular formula is C46H53F3N6O7. The average molecular weight is 859 g/mol. The van der Waals surface area contributed by atoms with Gasteiger partial charge in [-0.3, -0.25) is 24.2 Å². The molecule has 4 aromatic carbocycles. The molecule has 330 valence electrons. The predicted octanol–water partition coefficient (Wildman–Crippen LogP) is 6.85. The summed E-state index contributed by atoms with van der Waals surface area (Å²) in [5.41, 5.74) is 9.37. The number of nitrogens with zero attached hydrogens (tertiary/aromatic N) is 4. The maximum Gasteiger partial charge on any atom is 0.471 e. The number of morpholine rings is 2. The van der Waals surface area contributed by atoms with Gasteiger partial charge in [-0.15, -0.1) is 0 Å². The molecule has 0 aromatic heterocycles. The summed E-state index contributed by atoms with van der Waals surface area (Å²) in [6, 6.07) is 32.0. The third-order valence-corrected chi connectivity index (χ3v) is 10.1. The third kappa shape index (κ3) is 13.2. The van der Waals surface area contributed by atoms with Crippen LogP contribution in [0.5, 0.6) is 0 Å². The van der Waals surface area contributed by atoms with E-state index in [9.17, 15) is 37.1 Å². The van der Waals surface area contributed by atoms with Gasteiger partial charge in [0.2, 0.25) is 0 Å². The number of carbonyl (C=O) groups is 5. The molecule has 4 atom stereocenters. The Morgan fingerprint density at radius 3 is 1.29 bits per heavy atom.